The van der Waals surface area contributed by atoms with Crippen molar-refractivity contribution in [3.05, 3.63) is 47.7 Å². The predicted molar refractivity (Wildman–Crippen MR) is 162 cm³/mol. The van der Waals surface area contributed by atoms with E-state index in [0.29, 0.717) is 30.9 Å². The molecule has 13 heteroatoms. The number of aliphatic hydroxyl groups excluding tert-OH is 2. The molecule has 1 amide bonds. The van der Waals surface area contributed by atoms with Gasteiger partial charge in [-0.1, -0.05) is 0 Å². The van der Waals surface area contributed by atoms with E-state index in [0.717, 1.165) is 79.9 Å². The predicted octanol–water partition coefficient (Wildman–Crippen LogP) is 2.13. The van der Waals surface area contributed by atoms with Gasteiger partial charge in [0.2, 0.25) is 10.0 Å². The van der Waals surface area contributed by atoms with Gasteiger partial charge in [-0.2, -0.15) is 9.40 Å². The number of amides is 1. The lowest BCUT2D eigenvalue weighted by molar-refractivity contribution is 0.0574. The van der Waals surface area contributed by atoms with Crippen molar-refractivity contribution in [3.8, 4) is 0 Å². The third-order valence-corrected chi connectivity index (χ3v) is 10.6. The summed E-state index contributed by atoms with van der Waals surface area (Å²) in [5.74, 6) is 0.806. The highest BCUT2D eigenvalue weighted by Crippen LogP contribution is 2.38. The SMILES string of the molecule is CS(=O)(=O)N1CC[C@@H](Nc2cc3c(C4CCC(N(CCO)C(=O)c5cnn6c5CCCC6)CC4)nccc3cn2)[C@H](O)C1. The van der Waals surface area contributed by atoms with E-state index in [1.54, 1.807) is 12.4 Å². The molecular weight excluding hydrogens is 570 g/mol. The molecule has 12 nitrogen and oxygen atoms in total. The van der Waals surface area contributed by atoms with Crippen molar-refractivity contribution in [3.63, 3.8) is 0 Å². The average Bonchev–Trinajstić information content (AvgIpc) is 3.44. The number of fused-ring (bicyclic) bond motifs is 2. The van der Waals surface area contributed by atoms with Gasteiger partial charge in [-0.25, -0.2) is 13.4 Å². The third kappa shape index (κ3) is 6.26. The fourth-order valence-electron chi connectivity index (χ4n) is 7.03. The lowest BCUT2D eigenvalue weighted by Gasteiger charge is -2.37. The maximum atomic E-state index is 13.7. The second kappa shape index (κ2) is 12.5. The molecule has 5 heterocycles. The molecule has 43 heavy (non-hydrogen) atoms. The number of pyridine rings is 2. The Morgan fingerprint density at radius 1 is 1.12 bits per heavy atom. The zero-order valence-corrected chi connectivity index (χ0v) is 25.4. The second-order valence-electron chi connectivity index (χ2n) is 12.1. The number of hydrogen-bond acceptors (Lipinski definition) is 9. The summed E-state index contributed by atoms with van der Waals surface area (Å²) >= 11 is 0. The van der Waals surface area contributed by atoms with Crippen LogP contribution >= 0.6 is 0 Å². The van der Waals surface area contributed by atoms with Gasteiger partial charge in [-0.15, -0.1) is 0 Å². The van der Waals surface area contributed by atoms with Crippen molar-refractivity contribution in [2.45, 2.75) is 82.0 Å². The van der Waals surface area contributed by atoms with Crippen LogP contribution in [-0.2, 0) is 23.0 Å². The van der Waals surface area contributed by atoms with E-state index in [4.69, 9.17) is 4.98 Å². The van der Waals surface area contributed by atoms with Crippen LogP contribution < -0.4 is 5.32 Å². The fourth-order valence-corrected chi connectivity index (χ4v) is 7.89. The van der Waals surface area contributed by atoms with E-state index >= 15 is 0 Å². The molecule has 2 atom stereocenters. The molecule has 0 radical (unpaired) electrons. The minimum absolute atomic E-state index is 0.0321. The van der Waals surface area contributed by atoms with Gasteiger partial charge < -0.3 is 20.4 Å². The molecule has 3 aromatic heterocycles. The summed E-state index contributed by atoms with van der Waals surface area (Å²) in [6, 6.07) is 3.65. The molecule has 0 aromatic carbocycles. The third-order valence-electron chi connectivity index (χ3n) is 9.36. The van der Waals surface area contributed by atoms with Gasteiger partial charge in [-0.3, -0.25) is 14.5 Å². The van der Waals surface area contributed by atoms with Crippen molar-refractivity contribution < 1.29 is 23.4 Å². The zero-order valence-electron chi connectivity index (χ0n) is 24.6. The first kappa shape index (κ1) is 29.9. The molecule has 1 saturated heterocycles. The number of aryl methyl sites for hydroxylation is 1. The minimum atomic E-state index is -3.35. The lowest BCUT2D eigenvalue weighted by Crippen LogP contribution is -2.51. The smallest absolute Gasteiger partial charge is 0.257 e. The van der Waals surface area contributed by atoms with Crippen molar-refractivity contribution in [2.75, 3.05) is 37.8 Å². The van der Waals surface area contributed by atoms with Gasteiger partial charge in [-0.05, 0) is 63.5 Å². The van der Waals surface area contributed by atoms with Crippen molar-refractivity contribution in [1.82, 2.24) is 29.0 Å². The monoisotopic (exact) mass is 611 g/mol. The standard InChI is InChI=1S/C30H41N7O5S/c1-43(41,42)35-13-10-25(27(39)19-35)34-28-16-23-21(17-32-28)9-11-31-29(23)20-5-7-22(8-6-20)36(14-15-38)30(40)24-18-33-37-12-3-2-4-26(24)37/h9,11,16-18,20,22,25,27,38-39H,2-8,10,12-15,19H2,1H3,(H,32,34)/t20?,22?,25-,27-/m1/s1. The summed E-state index contributed by atoms with van der Waals surface area (Å²) in [5.41, 5.74) is 2.68. The van der Waals surface area contributed by atoms with Crippen LogP contribution in [0.3, 0.4) is 0 Å². The average molecular weight is 612 g/mol. The molecule has 0 unspecified atom stereocenters. The number of hydrogen-bond donors (Lipinski definition) is 3. The Bertz CT molecular complexity index is 1570. The topological polar surface area (TPSA) is 154 Å². The second-order valence-corrected chi connectivity index (χ2v) is 14.1. The molecule has 1 saturated carbocycles. The number of nitrogens with zero attached hydrogens (tertiary/aromatic N) is 6. The van der Waals surface area contributed by atoms with Gasteiger partial charge in [0.1, 0.15) is 5.82 Å². The Labute approximate surface area is 252 Å². The highest BCUT2D eigenvalue weighted by atomic mass is 32.2. The largest absolute Gasteiger partial charge is 0.395 e. The Balaban J connectivity index is 1.15. The number of carbonyl (C=O) groups is 1. The normalized spacial score (nSPS) is 24.9. The number of piperidine rings is 1. The minimum Gasteiger partial charge on any atom is -0.395 e. The summed E-state index contributed by atoms with van der Waals surface area (Å²) in [6.45, 7) is 1.48. The Morgan fingerprint density at radius 2 is 1.93 bits per heavy atom. The van der Waals surface area contributed by atoms with Crippen molar-refractivity contribution in [1.29, 1.82) is 0 Å². The molecule has 2 aliphatic heterocycles. The Hall–Kier alpha value is -3.13. The van der Waals surface area contributed by atoms with Crippen LogP contribution in [0.5, 0.6) is 0 Å². The zero-order chi connectivity index (χ0) is 30.1. The first-order valence-electron chi connectivity index (χ1n) is 15.3. The molecule has 2 fully saturated rings. The van der Waals surface area contributed by atoms with Crippen LogP contribution in [0.15, 0.2) is 30.7 Å². The van der Waals surface area contributed by atoms with E-state index < -0.39 is 16.1 Å². The summed E-state index contributed by atoms with van der Waals surface area (Å²) < 4.78 is 27.1. The van der Waals surface area contributed by atoms with Crippen molar-refractivity contribution >= 4 is 32.5 Å². The highest BCUT2D eigenvalue weighted by Gasteiger charge is 2.34. The molecule has 0 spiro atoms. The number of carbonyl (C=O) groups excluding carboxylic acids is 1. The molecule has 232 valence electrons. The summed E-state index contributed by atoms with van der Waals surface area (Å²) in [6.07, 6.45) is 12.5. The summed E-state index contributed by atoms with van der Waals surface area (Å²) in [5, 5.41) is 30.2. The van der Waals surface area contributed by atoms with E-state index in [9.17, 15) is 23.4 Å². The molecule has 6 rings (SSSR count). The maximum absolute atomic E-state index is 13.7. The van der Waals surface area contributed by atoms with E-state index in [2.05, 4.69) is 15.4 Å². The van der Waals surface area contributed by atoms with Crippen LogP contribution in [0.2, 0.25) is 0 Å². The number of aliphatic hydroxyl groups is 2. The van der Waals surface area contributed by atoms with Crippen LogP contribution in [0.4, 0.5) is 5.82 Å². The molecule has 3 aromatic rings. The molecule has 3 aliphatic rings. The quantitative estimate of drug-likeness (QED) is 0.348. The van der Waals surface area contributed by atoms with Gasteiger partial charge in [0.15, 0.2) is 0 Å². The summed E-state index contributed by atoms with van der Waals surface area (Å²) in [4.78, 5) is 24.9. The van der Waals surface area contributed by atoms with Crippen LogP contribution in [0.1, 0.15) is 72.6 Å². The van der Waals surface area contributed by atoms with Crippen molar-refractivity contribution in [2.24, 2.45) is 0 Å². The first-order valence-corrected chi connectivity index (χ1v) is 17.2. The van der Waals surface area contributed by atoms with Gasteiger partial charge >= 0.3 is 0 Å². The number of aromatic nitrogens is 4. The molecule has 1 aliphatic carbocycles. The highest BCUT2D eigenvalue weighted by molar-refractivity contribution is 7.88. The summed E-state index contributed by atoms with van der Waals surface area (Å²) in [7, 11) is -3.35. The van der Waals surface area contributed by atoms with Gasteiger partial charge in [0, 0.05) is 61.3 Å². The Kier molecular flexibility index (Phi) is 8.67. The fraction of sp³-hybridized carbons (Fsp3) is 0.600. The molecular formula is C30H41N7O5S. The number of rotatable bonds is 8. The van der Waals surface area contributed by atoms with Crippen LogP contribution in [-0.4, -0.2) is 104 Å². The number of sulfonamides is 1. The maximum Gasteiger partial charge on any atom is 0.257 e. The number of anilines is 1. The van der Waals surface area contributed by atoms with E-state index in [1.165, 1.54) is 4.31 Å². The van der Waals surface area contributed by atoms with Crippen LogP contribution in [0, 0.1) is 0 Å². The van der Waals surface area contributed by atoms with Crippen LogP contribution in [0.25, 0.3) is 10.8 Å². The van der Waals surface area contributed by atoms with Gasteiger partial charge in [0.25, 0.3) is 5.91 Å². The number of nitrogens with one attached hydrogen (secondary N) is 1. The number of β-amino-alcohol motifs (C(OH)–C–C–N with tert-alkyl or cyclic N) is 1. The first-order chi connectivity index (χ1) is 20.7. The lowest BCUT2D eigenvalue weighted by atomic mass is 9.82. The van der Waals surface area contributed by atoms with E-state index in [-0.39, 0.29) is 37.1 Å². The van der Waals surface area contributed by atoms with Gasteiger partial charge in [0.05, 0.1) is 48.2 Å². The molecule has 0 bridgehead atoms. The van der Waals surface area contributed by atoms with E-state index in [1.807, 2.05) is 27.9 Å². The molecule has 3 N–H and O–H groups in total. The Morgan fingerprint density at radius 3 is 2.67 bits per heavy atom.